The van der Waals surface area contributed by atoms with Crippen molar-refractivity contribution >= 4 is 52.4 Å². The number of thiophene rings is 1. The highest BCUT2D eigenvalue weighted by atomic mass is 32.1. The molecular weight excluding hydrogens is 651 g/mol. The van der Waals surface area contributed by atoms with E-state index in [9.17, 15) is 27.7 Å². The van der Waals surface area contributed by atoms with E-state index in [0.717, 1.165) is 61.4 Å². The Morgan fingerprint density at radius 3 is 2.62 bits per heavy atom. The lowest BCUT2D eigenvalue weighted by atomic mass is 9.95. The lowest BCUT2D eigenvalue weighted by Gasteiger charge is -2.49. The molecule has 11 nitrogen and oxygen atoms in total. The van der Waals surface area contributed by atoms with E-state index >= 15 is 0 Å². The van der Waals surface area contributed by atoms with Crippen molar-refractivity contribution in [1.29, 1.82) is 0 Å². The highest BCUT2D eigenvalue weighted by Crippen LogP contribution is 2.59. The van der Waals surface area contributed by atoms with Gasteiger partial charge >= 0.3 is 13.3 Å². The summed E-state index contributed by atoms with van der Waals surface area (Å²) in [6, 6.07) is 7.40. The first-order valence-electron chi connectivity index (χ1n) is 16.0. The van der Waals surface area contributed by atoms with Crippen molar-refractivity contribution in [2.75, 3.05) is 18.0 Å². The van der Waals surface area contributed by atoms with E-state index in [1.54, 1.807) is 11.1 Å². The van der Waals surface area contributed by atoms with Crippen LogP contribution in [0, 0.1) is 11.8 Å². The molecule has 1 saturated carbocycles. The lowest BCUT2D eigenvalue weighted by molar-refractivity contribution is -0.152. The molecule has 2 aromatic heterocycles. The summed E-state index contributed by atoms with van der Waals surface area (Å²) in [5.41, 5.74) is -4.17. The summed E-state index contributed by atoms with van der Waals surface area (Å²) in [7, 11) is -5.75. The number of halogens is 2. The molecule has 2 unspecified atom stereocenters. The Kier molecular flexibility index (Phi) is 7.25. The number of alkyl halides is 2. The number of likely N-dealkylation sites (tertiary alicyclic amines) is 1. The maximum Gasteiger partial charge on any atom is 0.399 e. The molecule has 0 radical (unpaired) electrons. The summed E-state index contributed by atoms with van der Waals surface area (Å²) in [5, 5.41) is 3.14. The maximum atomic E-state index is 14.3. The van der Waals surface area contributed by atoms with Gasteiger partial charge in [-0.25, -0.2) is 0 Å². The molecule has 4 aliphatic heterocycles. The number of pyridine rings is 1. The highest BCUT2D eigenvalue weighted by molar-refractivity contribution is 7.52. The van der Waals surface area contributed by atoms with Crippen molar-refractivity contribution in [3.05, 3.63) is 59.2 Å². The molecule has 5 fully saturated rings. The van der Waals surface area contributed by atoms with Crippen LogP contribution in [0.2, 0.25) is 0 Å². The number of hydrogen-bond acceptors (Lipinski definition) is 7. The number of hydrogen-bond donors (Lipinski definition) is 3. The minimum absolute atomic E-state index is 0.0273. The molecule has 6 heterocycles. The molecule has 4 saturated heterocycles. The SMILES string of the molecule is O=C(N[C@H]1C[C@@H]2C[C@@H]2C[C@H]2CC[C@@H](C(=O)N3CC4C3CCN4c3cccnc3)N2C1=O)c1cc2cc(C(F)(F)P(=O)(O)O)ccc2s1. The van der Waals surface area contributed by atoms with Gasteiger partial charge in [0.2, 0.25) is 11.8 Å². The van der Waals surface area contributed by atoms with Crippen LogP contribution in [0.5, 0.6) is 0 Å². The average Bonchev–Trinajstić information content (AvgIpc) is 3.33. The van der Waals surface area contributed by atoms with Crippen LogP contribution in [0.15, 0.2) is 48.8 Å². The summed E-state index contributed by atoms with van der Waals surface area (Å²) >= 11 is 1.04. The van der Waals surface area contributed by atoms with Crippen LogP contribution in [0.1, 0.15) is 53.8 Å². The number of carbonyl (C=O) groups excluding carboxylic acids is 3. The summed E-state index contributed by atoms with van der Waals surface area (Å²) < 4.78 is 40.5. The third-order valence-corrected chi connectivity index (χ3v) is 12.9. The monoisotopic (exact) mass is 685 g/mol. The van der Waals surface area contributed by atoms with E-state index in [1.807, 2.05) is 23.2 Å². The number of nitrogens with one attached hydrogen (secondary N) is 1. The van der Waals surface area contributed by atoms with E-state index in [1.165, 1.54) is 12.1 Å². The second kappa shape index (κ2) is 11.0. The number of carbonyl (C=O) groups is 3. The second-order valence-corrected chi connectivity index (χ2v) is 16.2. The number of anilines is 1. The highest BCUT2D eigenvalue weighted by Gasteiger charge is 2.56. The van der Waals surface area contributed by atoms with Gasteiger partial charge in [-0.15, -0.1) is 11.3 Å². The summed E-state index contributed by atoms with van der Waals surface area (Å²) in [4.78, 5) is 70.4. The van der Waals surface area contributed by atoms with Gasteiger partial charge in [0.05, 0.1) is 28.8 Å². The Labute approximate surface area is 273 Å². The Hall–Kier alpha value is -3.45. The molecule has 248 valence electrons. The van der Waals surface area contributed by atoms with Crippen molar-refractivity contribution in [1.82, 2.24) is 20.1 Å². The fourth-order valence-electron chi connectivity index (χ4n) is 8.28. The molecule has 5 aliphatic rings. The van der Waals surface area contributed by atoms with Crippen molar-refractivity contribution in [2.45, 2.75) is 74.4 Å². The van der Waals surface area contributed by atoms with Gasteiger partial charge in [0.1, 0.15) is 12.1 Å². The number of benzene rings is 1. The maximum absolute atomic E-state index is 14.3. The Morgan fingerprint density at radius 2 is 1.85 bits per heavy atom. The fourth-order valence-corrected chi connectivity index (χ4v) is 9.70. The van der Waals surface area contributed by atoms with Crippen LogP contribution >= 0.6 is 18.9 Å². The van der Waals surface area contributed by atoms with Crippen molar-refractivity contribution in [2.24, 2.45) is 11.8 Å². The minimum atomic E-state index is -5.75. The van der Waals surface area contributed by atoms with E-state index in [2.05, 4.69) is 15.2 Å². The normalized spacial score (nSPS) is 30.3. The van der Waals surface area contributed by atoms with E-state index < -0.39 is 36.8 Å². The van der Waals surface area contributed by atoms with Gasteiger partial charge in [0.15, 0.2) is 0 Å². The zero-order valence-electron chi connectivity index (χ0n) is 25.2. The van der Waals surface area contributed by atoms with Gasteiger partial charge in [-0.2, -0.15) is 8.78 Å². The topological polar surface area (TPSA) is 143 Å². The van der Waals surface area contributed by atoms with E-state index in [0.29, 0.717) is 35.9 Å². The van der Waals surface area contributed by atoms with Crippen molar-refractivity contribution in [3.8, 4) is 0 Å². The number of fused-ring (bicyclic) bond motifs is 4. The van der Waals surface area contributed by atoms with Crippen molar-refractivity contribution in [3.63, 3.8) is 0 Å². The third-order valence-electron chi connectivity index (χ3n) is 10.8. The Morgan fingerprint density at radius 1 is 1.04 bits per heavy atom. The molecule has 1 aliphatic carbocycles. The molecule has 1 aromatic carbocycles. The standard InChI is InChI=1S/C32H34F2N5O6PS/c33-32(34,46(43,44)45)20-3-6-27-19(11-20)14-28(47-27)29(40)36-23-13-18-10-17(18)12-21-4-5-25(39(21)30(23)41)31(42)38-16-26-24(38)7-9-37(26)22-2-1-8-35-15-22/h1-3,6,8,11,14-15,17-18,21,23-26H,4-5,7,9-10,12-13,16H2,(H,36,40)(H2,43,44,45)/t17-,18+,21-,23+,24?,25+,26?/m1/s1. The first-order chi connectivity index (χ1) is 22.4. The number of nitrogens with zero attached hydrogens (tertiary/aromatic N) is 4. The predicted octanol–water partition coefficient (Wildman–Crippen LogP) is 3.90. The van der Waals surface area contributed by atoms with Crippen LogP contribution in [-0.4, -0.2) is 85.6 Å². The molecule has 3 amide bonds. The van der Waals surface area contributed by atoms with Gasteiger partial charge in [-0.3, -0.25) is 23.9 Å². The predicted molar refractivity (Wildman–Crippen MR) is 169 cm³/mol. The Bertz CT molecular complexity index is 1820. The van der Waals surface area contributed by atoms with Crippen molar-refractivity contribution < 1.29 is 37.5 Å². The number of rotatable bonds is 6. The largest absolute Gasteiger partial charge is 0.399 e. The average molecular weight is 686 g/mol. The minimum Gasteiger partial charge on any atom is -0.363 e. The first-order valence-corrected chi connectivity index (χ1v) is 18.4. The second-order valence-electron chi connectivity index (χ2n) is 13.5. The fraction of sp³-hybridized carbons (Fsp3) is 0.500. The number of aromatic nitrogens is 1. The molecule has 47 heavy (non-hydrogen) atoms. The molecule has 7 atom stereocenters. The molecule has 0 bridgehead atoms. The summed E-state index contributed by atoms with van der Waals surface area (Å²) in [6.07, 6.45) is 8.07. The quantitative estimate of drug-likeness (QED) is 0.332. The van der Waals surface area contributed by atoms with Crippen LogP contribution in [0.4, 0.5) is 14.5 Å². The summed E-state index contributed by atoms with van der Waals surface area (Å²) in [6.45, 7) is 1.43. The third kappa shape index (κ3) is 5.15. The van der Waals surface area contributed by atoms with Crippen LogP contribution in [0.25, 0.3) is 10.1 Å². The van der Waals surface area contributed by atoms with Crippen LogP contribution in [0.3, 0.4) is 0 Å². The zero-order valence-corrected chi connectivity index (χ0v) is 27.0. The van der Waals surface area contributed by atoms with Crippen LogP contribution < -0.4 is 10.2 Å². The number of amides is 3. The van der Waals surface area contributed by atoms with Crippen LogP contribution in [-0.2, 0) is 19.8 Å². The van der Waals surface area contributed by atoms with Gasteiger partial charge in [0.25, 0.3) is 5.91 Å². The van der Waals surface area contributed by atoms with Gasteiger partial charge in [-0.05, 0) is 86.1 Å². The van der Waals surface area contributed by atoms with E-state index in [-0.39, 0.29) is 40.2 Å². The Balaban J connectivity index is 0.991. The molecule has 0 spiro atoms. The lowest BCUT2D eigenvalue weighted by Crippen LogP contribution is -2.67. The first kappa shape index (κ1) is 30.9. The smallest absolute Gasteiger partial charge is 0.363 e. The molecule has 8 rings (SSSR count). The van der Waals surface area contributed by atoms with Gasteiger partial charge in [0, 0.05) is 35.6 Å². The van der Waals surface area contributed by atoms with Gasteiger partial charge < -0.3 is 29.8 Å². The molecular formula is C32H34F2N5O6PS. The molecule has 15 heteroatoms. The van der Waals surface area contributed by atoms with Gasteiger partial charge in [-0.1, -0.05) is 6.07 Å². The van der Waals surface area contributed by atoms with E-state index in [4.69, 9.17) is 9.79 Å². The summed E-state index contributed by atoms with van der Waals surface area (Å²) in [5.74, 6) is -0.0563. The zero-order chi connectivity index (χ0) is 32.8. The molecule has 3 N–H and O–H groups in total. The molecule has 3 aromatic rings.